The molecular formula is C16H14Cl2N2O2. The number of benzene rings is 2. The molecule has 2 rings (SSSR count). The van der Waals surface area contributed by atoms with Crippen LogP contribution in [0.5, 0.6) is 0 Å². The van der Waals surface area contributed by atoms with Gasteiger partial charge in [-0.2, -0.15) is 0 Å². The Morgan fingerprint density at radius 2 is 1.77 bits per heavy atom. The van der Waals surface area contributed by atoms with Gasteiger partial charge in [0, 0.05) is 18.6 Å². The van der Waals surface area contributed by atoms with Crippen LogP contribution in [0.1, 0.15) is 5.56 Å². The van der Waals surface area contributed by atoms with Crippen molar-refractivity contribution >= 4 is 40.7 Å². The van der Waals surface area contributed by atoms with E-state index in [4.69, 9.17) is 23.2 Å². The molecule has 1 N–H and O–H groups in total. The Balaban J connectivity index is 2.02. The quantitative estimate of drug-likeness (QED) is 0.870. The van der Waals surface area contributed by atoms with Crippen molar-refractivity contribution in [1.82, 2.24) is 4.90 Å². The molecule has 0 aliphatic rings. The first-order chi connectivity index (χ1) is 10.5. The van der Waals surface area contributed by atoms with Crippen molar-refractivity contribution in [2.45, 2.75) is 6.54 Å². The monoisotopic (exact) mass is 336 g/mol. The molecule has 0 spiro atoms. The Morgan fingerprint density at radius 1 is 1.09 bits per heavy atom. The minimum atomic E-state index is -0.761. The van der Waals surface area contributed by atoms with Crippen LogP contribution < -0.4 is 5.32 Å². The number of hydrogen-bond acceptors (Lipinski definition) is 2. The minimum Gasteiger partial charge on any atom is -0.333 e. The van der Waals surface area contributed by atoms with E-state index in [1.165, 1.54) is 11.0 Å². The maximum Gasteiger partial charge on any atom is 0.313 e. The zero-order valence-electron chi connectivity index (χ0n) is 11.8. The smallest absolute Gasteiger partial charge is 0.313 e. The molecule has 2 aromatic carbocycles. The predicted molar refractivity (Wildman–Crippen MR) is 88.0 cm³/mol. The van der Waals surface area contributed by atoms with Crippen molar-refractivity contribution in [2.75, 3.05) is 12.4 Å². The summed E-state index contributed by atoms with van der Waals surface area (Å²) in [6.45, 7) is 0.344. The van der Waals surface area contributed by atoms with E-state index < -0.39 is 11.8 Å². The second-order valence-corrected chi connectivity index (χ2v) is 5.57. The van der Waals surface area contributed by atoms with Crippen LogP contribution in [0.15, 0.2) is 48.5 Å². The number of halogens is 2. The number of anilines is 1. The lowest BCUT2D eigenvalue weighted by atomic mass is 10.2. The maximum absolute atomic E-state index is 12.1. The Labute approximate surface area is 138 Å². The van der Waals surface area contributed by atoms with Gasteiger partial charge in [-0.25, -0.2) is 0 Å². The number of likely N-dealkylation sites (N-methyl/N-ethyl adjacent to an activating group) is 1. The van der Waals surface area contributed by atoms with Gasteiger partial charge < -0.3 is 10.2 Å². The SMILES string of the molecule is CN(Cc1ccccc1)C(=O)C(=O)Nc1cc(Cl)ccc1Cl. The average molecular weight is 337 g/mol. The first-order valence-corrected chi connectivity index (χ1v) is 7.28. The van der Waals surface area contributed by atoms with Gasteiger partial charge in [0.1, 0.15) is 0 Å². The molecule has 0 aliphatic heterocycles. The molecule has 22 heavy (non-hydrogen) atoms. The molecule has 0 radical (unpaired) electrons. The van der Waals surface area contributed by atoms with E-state index in [9.17, 15) is 9.59 Å². The summed E-state index contributed by atoms with van der Waals surface area (Å²) in [7, 11) is 1.56. The molecule has 0 aromatic heterocycles. The van der Waals surface area contributed by atoms with Crippen LogP contribution in [0.25, 0.3) is 0 Å². The molecule has 2 amide bonds. The van der Waals surface area contributed by atoms with Crippen molar-refractivity contribution in [1.29, 1.82) is 0 Å². The molecule has 0 atom stereocenters. The van der Waals surface area contributed by atoms with Gasteiger partial charge in [-0.1, -0.05) is 53.5 Å². The Morgan fingerprint density at radius 3 is 2.45 bits per heavy atom. The van der Waals surface area contributed by atoms with Crippen molar-refractivity contribution in [3.63, 3.8) is 0 Å². The summed E-state index contributed by atoms with van der Waals surface area (Å²) in [4.78, 5) is 25.4. The van der Waals surface area contributed by atoms with Crippen molar-refractivity contribution < 1.29 is 9.59 Å². The van der Waals surface area contributed by atoms with E-state index in [0.717, 1.165) is 5.56 Å². The summed E-state index contributed by atoms with van der Waals surface area (Å²) < 4.78 is 0. The predicted octanol–water partition coefficient (Wildman–Crippen LogP) is 3.59. The lowest BCUT2D eigenvalue weighted by Crippen LogP contribution is -2.36. The molecule has 6 heteroatoms. The standard InChI is InChI=1S/C16H14Cl2N2O2/c1-20(10-11-5-3-2-4-6-11)16(22)15(21)19-14-9-12(17)7-8-13(14)18/h2-9H,10H2,1H3,(H,19,21). The molecule has 0 aliphatic carbocycles. The second kappa shape index (κ2) is 7.29. The highest BCUT2D eigenvalue weighted by atomic mass is 35.5. The number of carbonyl (C=O) groups is 2. The largest absolute Gasteiger partial charge is 0.333 e. The number of amides is 2. The number of carbonyl (C=O) groups excluding carboxylic acids is 2. The fourth-order valence-electron chi connectivity index (χ4n) is 1.87. The molecule has 4 nitrogen and oxygen atoms in total. The Bertz CT molecular complexity index is 690. The van der Waals surface area contributed by atoms with Crippen molar-refractivity contribution in [3.05, 3.63) is 64.1 Å². The molecule has 114 valence electrons. The maximum atomic E-state index is 12.1. The third-order valence-electron chi connectivity index (χ3n) is 2.98. The molecule has 0 bridgehead atoms. The van der Waals surface area contributed by atoms with E-state index >= 15 is 0 Å². The van der Waals surface area contributed by atoms with Crippen LogP contribution >= 0.6 is 23.2 Å². The van der Waals surface area contributed by atoms with Crippen LogP contribution in [0, 0.1) is 0 Å². The van der Waals surface area contributed by atoms with Crippen LogP contribution in [-0.4, -0.2) is 23.8 Å². The van der Waals surface area contributed by atoms with Crippen LogP contribution in [0.3, 0.4) is 0 Å². The number of nitrogens with zero attached hydrogens (tertiary/aromatic N) is 1. The summed E-state index contributed by atoms with van der Waals surface area (Å²) >= 11 is 11.8. The van der Waals surface area contributed by atoms with Crippen LogP contribution in [-0.2, 0) is 16.1 Å². The third-order valence-corrected chi connectivity index (χ3v) is 3.54. The lowest BCUT2D eigenvalue weighted by Gasteiger charge is -2.17. The molecule has 0 saturated carbocycles. The Kier molecular flexibility index (Phi) is 5.41. The minimum absolute atomic E-state index is 0.306. The highest BCUT2D eigenvalue weighted by Gasteiger charge is 2.19. The molecule has 2 aromatic rings. The molecule has 0 unspecified atom stereocenters. The normalized spacial score (nSPS) is 10.1. The van der Waals surface area contributed by atoms with Gasteiger partial charge in [-0.15, -0.1) is 0 Å². The first kappa shape index (κ1) is 16.3. The second-order valence-electron chi connectivity index (χ2n) is 4.73. The summed E-state index contributed by atoms with van der Waals surface area (Å²) in [5.41, 5.74) is 1.24. The zero-order chi connectivity index (χ0) is 16.1. The molecule has 0 heterocycles. The van der Waals surface area contributed by atoms with Gasteiger partial charge in [-0.05, 0) is 23.8 Å². The molecule has 0 saturated heterocycles. The van der Waals surface area contributed by atoms with Gasteiger partial charge in [0.2, 0.25) is 0 Å². The lowest BCUT2D eigenvalue weighted by molar-refractivity contribution is -0.142. The average Bonchev–Trinajstić information content (AvgIpc) is 2.51. The number of rotatable bonds is 3. The van der Waals surface area contributed by atoms with Gasteiger partial charge in [0.15, 0.2) is 0 Å². The third kappa shape index (κ3) is 4.23. The topological polar surface area (TPSA) is 49.4 Å². The van der Waals surface area contributed by atoms with Gasteiger partial charge in [0.05, 0.1) is 10.7 Å². The van der Waals surface area contributed by atoms with Gasteiger partial charge in [-0.3, -0.25) is 9.59 Å². The summed E-state index contributed by atoms with van der Waals surface area (Å²) in [6, 6.07) is 14.1. The number of hydrogen-bond donors (Lipinski definition) is 1. The van der Waals surface area contributed by atoms with Crippen LogP contribution in [0.2, 0.25) is 10.0 Å². The summed E-state index contributed by atoms with van der Waals surface area (Å²) in [5, 5.41) is 3.21. The number of nitrogens with one attached hydrogen (secondary N) is 1. The fourth-order valence-corrected chi connectivity index (χ4v) is 2.21. The van der Waals surface area contributed by atoms with Gasteiger partial charge in [0.25, 0.3) is 0 Å². The van der Waals surface area contributed by atoms with Crippen molar-refractivity contribution in [3.8, 4) is 0 Å². The Hall–Kier alpha value is -2.04. The highest BCUT2D eigenvalue weighted by Crippen LogP contribution is 2.25. The summed E-state index contributed by atoms with van der Waals surface area (Å²) in [6.07, 6.45) is 0. The summed E-state index contributed by atoms with van der Waals surface area (Å²) in [5.74, 6) is -1.41. The molecular weight excluding hydrogens is 323 g/mol. The molecule has 0 fully saturated rings. The van der Waals surface area contributed by atoms with E-state index in [2.05, 4.69) is 5.32 Å². The first-order valence-electron chi connectivity index (χ1n) is 6.53. The van der Waals surface area contributed by atoms with Gasteiger partial charge >= 0.3 is 11.8 Å². The van der Waals surface area contributed by atoms with E-state index in [1.54, 1.807) is 19.2 Å². The van der Waals surface area contributed by atoms with Crippen LogP contribution in [0.4, 0.5) is 5.69 Å². The van der Waals surface area contributed by atoms with Crippen molar-refractivity contribution in [2.24, 2.45) is 0 Å². The van der Waals surface area contributed by atoms with E-state index in [-0.39, 0.29) is 0 Å². The van der Waals surface area contributed by atoms with E-state index in [0.29, 0.717) is 22.3 Å². The van der Waals surface area contributed by atoms with E-state index in [1.807, 2.05) is 30.3 Å². The zero-order valence-corrected chi connectivity index (χ0v) is 13.4. The fraction of sp³-hybridized carbons (Fsp3) is 0.125. The highest BCUT2D eigenvalue weighted by molar-refractivity contribution is 6.41.